The van der Waals surface area contributed by atoms with Crippen molar-refractivity contribution >= 4 is 0 Å². The summed E-state index contributed by atoms with van der Waals surface area (Å²) in [6, 6.07) is 0. The Labute approximate surface area is 91.0 Å². The number of hydrogen-bond donors (Lipinski definition) is 0. The molecule has 1 heteroatoms. The maximum atomic E-state index is 2.00. The predicted molar refractivity (Wildman–Crippen MR) is 42.9 cm³/mol. The molecular weight excluding hydrogens is 197 g/mol. The van der Waals surface area contributed by atoms with E-state index in [9.17, 15) is 0 Å². The first-order valence-electron chi connectivity index (χ1n) is 3.60. The van der Waals surface area contributed by atoms with Gasteiger partial charge in [0.1, 0.15) is 0 Å². The van der Waals surface area contributed by atoms with Crippen molar-refractivity contribution in [2.45, 2.75) is 33.1 Å². The molecule has 0 atom stereocenters. The van der Waals surface area contributed by atoms with Gasteiger partial charge in [-0.25, -0.2) is 0 Å². The SMILES string of the molecule is C1C2CC1C2.C[CH-]C.[CH3-].[Y]. The summed E-state index contributed by atoms with van der Waals surface area (Å²) in [4.78, 5) is 0. The topological polar surface area (TPSA) is 0 Å². The van der Waals surface area contributed by atoms with Crippen molar-refractivity contribution in [3.8, 4) is 0 Å². The van der Waals surface area contributed by atoms with Crippen molar-refractivity contribution in [1.82, 2.24) is 0 Å². The molecule has 0 N–H and O–H groups in total. The number of rotatable bonds is 0. The van der Waals surface area contributed by atoms with E-state index in [4.69, 9.17) is 0 Å². The fraction of sp³-hybridized carbons (Fsp3) is 0.778. The zero-order valence-electron chi connectivity index (χ0n) is 7.43. The average Bonchev–Trinajstić information content (AvgIpc) is 1.20. The summed E-state index contributed by atoms with van der Waals surface area (Å²) in [6.07, 6.45) is 6.75. The molecule has 0 aromatic carbocycles. The summed E-state index contributed by atoms with van der Waals surface area (Å²) >= 11 is 0. The Morgan fingerprint density at radius 3 is 1.10 bits per heavy atom. The Morgan fingerprint density at radius 2 is 1.10 bits per heavy atom. The molecule has 0 saturated heterocycles. The summed E-state index contributed by atoms with van der Waals surface area (Å²) < 4.78 is 0. The van der Waals surface area contributed by atoms with Crippen molar-refractivity contribution in [3.63, 3.8) is 0 Å². The molecule has 0 heterocycles. The second-order valence-corrected chi connectivity index (χ2v) is 3.02. The molecule has 1 radical (unpaired) electrons. The summed E-state index contributed by atoms with van der Waals surface area (Å²) in [7, 11) is 0. The van der Waals surface area contributed by atoms with Crippen LogP contribution in [0.3, 0.4) is 0 Å². The van der Waals surface area contributed by atoms with Crippen molar-refractivity contribution < 1.29 is 32.7 Å². The third-order valence-electron chi connectivity index (χ3n) is 2.00. The Kier molecular flexibility index (Phi) is 9.29. The van der Waals surface area contributed by atoms with Crippen LogP contribution in [0.25, 0.3) is 0 Å². The fourth-order valence-corrected chi connectivity index (χ4v) is 1.21. The van der Waals surface area contributed by atoms with Gasteiger partial charge in [0.25, 0.3) is 0 Å². The van der Waals surface area contributed by atoms with Crippen LogP contribution in [0.5, 0.6) is 0 Å². The van der Waals surface area contributed by atoms with E-state index in [2.05, 4.69) is 0 Å². The van der Waals surface area contributed by atoms with Crippen LogP contribution in [0.2, 0.25) is 0 Å². The van der Waals surface area contributed by atoms with E-state index in [1.807, 2.05) is 20.3 Å². The van der Waals surface area contributed by atoms with Gasteiger partial charge in [0.2, 0.25) is 0 Å². The predicted octanol–water partition coefficient (Wildman–Crippen LogP) is 3.09. The first-order chi connectivity index (χ1) is 3.86. The molecule has 0 aromatic rings. The maximum Gasteiger partial charge on any atom is 0 e. The van der Waals surface area contributed by atoms with Crippen LogP contribution >= 0.6 is 0 Å². The van der Waals surface area contributed by atoms with Gasteiger partial charge in [0.15, 0.2) is 0 Å². The normalized spacial score (nSPS) is 30.6. The molecule has 0 nitrogen and oxygen atoms in total. The molecule has 2 bridgehead atoms. The van der Waals surface area contributed by atoms with Gasteiger partial charge in [-0.05, 0) is 31.1 Å². The van der Waals surface area contributed by atoms with Crippen LogP contribution in [0.15, 0.2) is 0 Å². The van der Waals surface area contributed by atoms with Gasteiger partial charge in [-0.1, -0.05) is 0 Å². The zero-order chi connectivity index (χ0) is 5.98. The van der Waals surface area contributed by atoms with Gasteiger partial charge in [0.05, 0.1) is 0 Å². The van der Waals surface area contributed by atoms with E-state index in [0.29, 0.717) is 0 Å². The molecule has 3 aliphatic rings. The second-order valence-electron chi connectivity index (χ2n) is 3.02. The molecule has 0 unspecified atom stereocenters. The third kappa shape index (κ3) is 3.48. The first kappa shape index (κ1) is 13.7. The molecule has 0 spiro atoms. The van der Waals surface area contributed by atoms with Crippen LogP contribution in [0, 0.1) is 25.7 Å². The van der Waals surface area contributed by atoms with Crippen molar-refractivity contribution in [2.24, 2.45) is 11.8 Å². The minimum absolute atomic E-state index is 0. The average molecular weight is 215 g/mol. The van der Waals surface area contributed by atoms with E-state index in [-0.39, 0.29) is 40.1 Å². The van der Waals surface area contributed by atoms with Crippen LogP contribution in [0.1, 0.15) is 33.1 Å². The molecular formula is C9H18Y-2. The summed E-state index contributed by atoms with van der Waals surface area (Å²) in [5.74, 6) is 2.42. The van der Waals surface area contributed by atoms with E-state index in [1.54, 1.807) is 19.3 Å². The summed E-state index contributed by atoms with van der Waals surface area (Å²) in [5, 5.41) is 0. The molecule has 3 saturated carbocycles. The molecule has 0 aromatic heterocycles. The first-order valence-corrected chi connectivity index (χ1v) is 3.60. The van der Waals surface area contributed by atoms with E-state index in [0.717, 1.165) is 0 Å². The second kappa shape index (κ2) is 6.79. The molecule has 59 valence electrons. The van der Waals surface area contributed by atoms with Gasteiger partial charge in [-0.2, -0.15) is 13.8 Å². The van der Waals surface area contributed by atoms with Crippen LogP contribution in [0.4, 0.5) is 0 Å². The minimum atomic E-state index is 0. The van der Waals surface area contributed by atoms with E-state index < -0.39 is 0 Å². The Balaban J connectivity index is 0. The van der Waals surface area contributed by atoms with E-state index >= 15 is 0 Å². The number of hydrogen-bond acceptors (Lipinski definition) is 0. The smallest absolute Gasteiger partial charge is 0 e. The van der Waals surface area contributed by atoms with Crippen LogP contribution in [-0.4, -0.2) is 0 Å². The molecule has 10 heavy (non-hydrogen) atoms. The standard InChI is InChI=1S/C5H8.C3H7.CH3.Y/c1-4-2-5(1)3-4;1-3-2;;/h4-5H,1-3H2;3H,1-2H3;1H3;/q;2*-1;. The third-order valence-corrected chi connectivity index (χ3v) is 2.00. The fourth-order valence-electron chi connectivity index (χ4n) is 1.21. The quantitative estimate of drug-likeness (QED) is 0.544. The van der Waals surface area contributed by atoms with Crippen LogP contribution in [-0.2, 0) is 32.7 Å². The van der Waals surface area contributed by atoms with Gasteiger partial charge in [0, 0.05) is 32.7 Å². The molecule has 3 aliphatic carbocycles. The monoisotopic (exact) mass is 215 g/mol. The van der Waals surface area contributed by atoms with Crippen molar-refractivity contribution in [1.29, 1.82) is 0 Å². The van der Waals surface area contributed by atoms with Crippen LogP contribution < -0.4 is 0 Å². The van der Waals surface area contributed by atoms with Crippen molar-refractivity contribution in [3.05, 3.63) is 13.8 Å². The molecule has 0 aliphatic heterocycles. The van der Waals surface area contributed by atoms with Gasteiger partial charge in [-0.3, -0.25) is 0 Å². The van der Waals surface area contributed by atoms with Gasteiger partial charge < -0.3 is 13.8 Å². The zero-order valence-corrected chi connectivity index (χ0v) is 10.3. The largest absolute Gasteiger partial charge is 0.358 e. The van der Waals surface area contributed by atoms with E-state index in [1.165, 1.54) is 11.8 Å². The molecule has 3 fully saturated rings. The summed E-state index contributed by atoms with van der Waals surface area (Å²) in [5.41, 5.74) is 0. The maximum absolute atomic E-state index is 2.00. The minimum Gasteiger partial charge on any atom is -0.358 e. The van der Waals surface area contributed by atoms with Crippen molar-refractivity contribution in [2.75, 3.05) is 0 Å². The molecule has 0 amide bonds. The summed E-state index contributed by atoms with van der Waals surface area (Å²) in [6.45, 7) is 4.00. The van der Waals surface area contributed by atoms with Gasteiger partial charge in [-0.15, -0.1) is 0 Å². The Morgan fingerprint density at radius 1 is 1.00 bits per heavy atom. The Hall–Kier alpha value is 1.10. The van der Waals surface area contributed by atoms with Gasteiger partial charge >= 0.3 is 0 Å². The Bertz CT molecular complexity index is 50.9. The molecule has 3 rings (SSSR count).